The molecule has 0 bridgehead atoms. The molecule has 4 nitrogen and oxygen atoms in total. The van der Waals surface area contributed by atoms with Gasteiger partial charge in [-0.1, -0.05) is 30.3 Å². The maximum Gasteiger partial charge on any atom is 0.331 e. The molecule has 0 spiro atoms. The van der Waals surface area contributed by atoms with Gasteiger partial charge in [-0.05, 0) is 17.7 Å². The topological polar surface area (TPSA) is 65.2 Å². The van der Waals surface area contributed by atoms with E-state index in [1.165, 1.54) is 18.9 Å². The summed E-state index contributed by atoms with van der Waals surface area (Å²) in [6, 6.07) is 13.0. The van der Waals surface area contributed by atoms with Gasteiger partial charge in [0, 0.05) is 23.0 Å². The molecule has 2 rings (SSSR count). The van der Waals surface area contributed by atoms with Gasteiger partial charge in [-0.25, -0.2) is 4.79 Å². The van der Waals surface area contributed by atoms with Crippen molar-refractivity contribution < 1.29 is 9.53 Å². The summed E-state index contributed by atoms with van der Waals surface area (Å²) < 4.78 is 4.87. The van der Waals surface area contributed by atoms with Crippen LogP contribution in [-0.4, -0.2) is 23.8 Å². The van der Waals surface area contributed by atoms with Gasteiger partial charge < -0.3 is 10.5 Å². The van der Waals surface area contributed by atoms with E-state index in [9.17, 15) is 4.79 Å². The monoisotopic (exact) mass is 288 g/mol. The van der Waals surface area contributed by atoms with Crippen LogP contribution in [0.1, 0.15) is 5.56 Å². The van der Waals surface area contributed by atoms with Crippen molar-refractivity contribution in [3.63, 3.8) is 0 Å². The molecule has 1 unspecified atom stereocenters. The average Bonchev–Trinajstić information content (AvgIpc) is 2.53. The van der Waals surface area contributed by atoms with Crippen molar-refractivity contribution in [2.45, 2.75) is 10.4 Å². The third-order valence-corrected chi connectivity index (χ3v) is 4.16. The second-order valence-electron chi connectivity index (χ2n) is 4.30. The van der Waals surface area contributed by atoms with Gasteiger partial charge >= 0.3 is 5.97 Å². The number of pyridine rings is 1. The summed E-state index contributed by atoms with van der Waals surface area (Å²) in [7, 11) is 1.35. The molecule has 2 N–H and O–H groups in total. The third-order valence-electron chi connectivity index (χ3n) is 2.95. The number of rotatable bonds is 5. The van der Waals surface area contributed by atoms with Gasteiger partial charge in [0.1, 0.15) is 5.54 Å². The summed E-state index contributed by atoms with van der Waals surface area (Å²) in [4.78, 5) is 17.1. The molecule has 1 heterocycles. The fraction of sp³-hybridized carbons (Fsp3) is 0.200. The molecule has 104 valence electrons. The van der Waals surface area contributed by atoms with Crippen molar-refractivity contribution in [1.29, 1.82) is 0 Å². The lowest BCUT2D eigenvalue weighted by Crippen LogP contribution is -2.48. The van der Waals surface area contributed by atoms with Crippen LogP contribution in [-0.2, 0) is 15.1 Å². The second-order valence-corrected chi connectivity index (χ2v) is 5.35. The number of hydrogen-bond donors (Lipinski definition) is 1. The first-order chi connectivity index (χ1) is 9.66. The number of thioether (sulfide) groups is 1. The largest absolute Gasteiger partial charge is 0.467 e. The van der Waals surface area contributed by atoms with Crippen LogP contribution in [0.2, 0.25) is 0 Å². The highest BCUT2D eigenvalue weighted by Gasteiger charge is 2.37. The van der Waals surface area contributed by atoms with Crippen LogP contribution >= 0.6 is 11.8 Å². The van der Waals surface area contributed by atoms with E-state index in [-0.39, 0.29) is 0 Å². The third kappa shape index (κ3) is 3.18. The van der Waals surface area contributed by atoms with Gasteiger partial charge in [0.15, 0.2) is 0 Å². The van der Waals surface area contributed by atoms with Crippen LogP contribution in [0.5, 0.6) is 0 Å². The van der Waals surface area contributed by atoms with Gasteiger partial charge in [-0.15, -0.1) is 11.8 Å². The summed E-state index contributed by atoms with van der Waals surface area (Å²) in [6.45, 7) is 0. The molecule has 1 aromatic carbocycles. The average molecular weight is 288 g/mol. The number of benzene rings is 1. The molecular weight excluding hydrogens is 272 g/mol. The molecule has 0 radical (unpaired) electrons. The zero-order valence-electron chi connectivity index (χ0n) is 11.2. The molecule has 2 aromatic rings. The molecule has 0 amide bonds. The van der Waals surface area contributed by atoms with E-state index in [1.54, 1.807) is 12.4 Å². The van der Waals surface area contributed by atoms with E-state index in [2.05, 4.69) is 4.98 Å². The molecule has 0 fully saturated rings. The molecule has 0 saturated heterocycles. The van der Waals surface area contributed by atoms with Gasteiger partial charge in [0.05, 0.1) is 7.11 Å². The Morgan fingerprint density at radius 2 is 1.90 bits per heavy atom. The fourth-order valence-corrected chi connectivity index (χ4v) is 2.80. The number of carbonyl (C=O) groups is 1. The molecule has 5 heteroatoms. The number of nitrogens with two attached hydrogens (primary N) is 1. The molecule has 20 heavy (non-hydrogen) atoms. The first-order valence-electron chi connectivity index (χ1n) is 6.12. The van der Waals surface area contributed by atoms with E-state index in [4.69, 9.17) is 10.5 Å². The molecule has 1 atom stereocenters. The highest BCUT2D eigenvalue weighted by atomic mass is 32.2. The SMILES string of the molecule is COC(=O)C(N)(CSc1ccncc1)c1ccccc1. The minimum atomic E-state index is -1.16. The summed E-state index contributed by atoms with van der Waals surface area (Å²) in [6.07, 6.45) is 3.42. The van der Waals surface area contributed by atoms with Crippen LogP contribution < -0.4 is 5.73 Å². The smallest absolute Gasteiger partial charge is 0.331 e. The Hall–Kier alpha value is -1.85. The fourth-order valence-electron chi connectivity index (χ4n) is 1.81. The van der Waals surface area contributed by atoms with E-state index >= 15 is 0 Å². The van der Waals surface area contributed by atoms with Crippen molar-refractivity contribution in [3.8, 4) is 0 Å². The van der Waals surface area contributed by atoms with E-state index < -0.39 is 11.5 Å². The molecular formula is C15H16N2O2S. The molecule has 0 aliphatic carbocycles. The number of aromatic nitrogens is 1. The van der Waals surface area contributed by atoms with Gasteiger partial charge in [-0.2, -0.15) is 0 Å². The highest BCUT2D eigenvalue weighted by Crippen LogP contribution is 2.28. The van der Waals surface area contributed by atoms with Gasteiger partial charge in [-0.3, -0.25) is 4.98 Å². The van der Waals surface area contributed by atoms with Crippen LogP contribution in [0, 0.1) is 0 Å². The quantitative estimate of drug-likeness (QED) is 0.675. The lowest BCUT2D eigenvalue weighted by atomic mass is 9.93. The van der Waals surface area contributed by atoms with Crippen LogP contribution in [0.15, 0.2) is 59.8 Å². The standard InChI is InChI=1S/C15H16N2O2S/c1-19-14(18)15(16,12-5-3-2-4-6-12)11-20-13-7-9-17-10-8-13/h2-10H,11,16H2,1H3. The van der Waals surface area contributed by atoms with Gasteiger partial charge in [0.2, 0.25) is 0 Å². The minimum absolute atomic E-state index is 0.397. The van der Waals surface area contributed by atoms with Gasteiger partial charge in [0.25, 0.3) is 0 Å². The zero-order valence-corrected chi connectivity index (χ0v) is 12.0. The number of methoxy groups -OCH3 is 1. The zero-order chi connectivity index (χ0) is 14.4. The Balaban J connectivity index is 2.22. The van der Waals surface area contributed by atoms with E-state index in [1.807, 2.05) is 42.5 Å². The molecule has 1 aromatic heterocycles. The molecule has 0 saturated carbocycles. The summed E-state index contributed by atoms with van der Waals surface area (Å²) in [5.41, 5.74) is 5.89. The number of ether oxygens (including phenoxy) is 1. The van der Waals surface area contributed by atoms with Crippen molar-refractivity contribution in [3.05, 3.63) is 60.4 Å². The predicted octanol–water partition coefficient (Wildman–Crippen LogP) is 2.20. The van der Waals surface area contributed by atoms with Crippen molar-refractivity contribution in [2.75, 3.05) is 12.9 Å². The number of hydrogen-bond acceptors (Lipinski definition) is 5. The summed E-state index contributed by atoms with van der Waals surface area (Å²) in [5.74, 6) is -0.0430. The lowest BCUT2D eigenvalue weighted by molar-refractivity contribution is -0.146. The Morgan fingerprint density at radius 3 is 2.50 bits per heavy atom. The van der Waals surface area contributed by atoms with E-state index in [0.717, 1.165) is 10.5 Å². The Bertz CT molecular complexity index is 563. The predicted molar refractivity (Wildman–Crippen MR) is 79.3 cm³/mol. The normalized spacial score (nSPS) is 13.5. The Labute approximate surface area is 122 Å². The molecule has 0 aliphatic rings. The van der Waals surface area contributed by atoms with Crippen LogP contribution in [0.3, 0.4) is 0 Å². The van der Waals surface area contributed by atoms with Crippen LogP contribution in [0.25, 0.3) is 0 Å². The highest BCUT2D eigenvalue weighted by molar-refractivity contribution is 7.99. The maximum absolute atomic E-state index is 12.1. The van der Waals surface area contributed by atoms with Crippen molar-refractivity contribution >= 4 is 17.7 Å². The van der Waals surface area contributed by atoms with Crippen molar-refractivity contribution in [2.24, 2.45) is 5.73 Å². The summed E-state index contributed by atoms with van der Waals surface area (Å²) in [5, 5.41) is 0. The molecule has 0 aliphatic heterocycles. The first kappa shape index (κ1) is 14.6. The van der Waals surface area contributed by atoms with Crippen molar-refractivity contribution in [1.82, 2.24) is 4.98 Å². The Morgan fingerprint density at radius 1 is 1.25 bits per heavy atom. The summed E-state index contributed by atoms with van der Waals surface area (Å²) >= 11 is 1.50. The number of esters is 1. The minimum Gasteiger partial charge on any atom is -0.467 e. The lowest BCUT2D eigenvalue weighted by Gasteiger charge is -2.26. The van der Waals surface area contributed by atoms with Crippen LogP contribution in [0.4, 0.5) is 0 Å². The number of nitrogens with zero attached hydrogens (tertiary/aromatic N) is 1. The maximum atomic E-state index is 12.1. The first-order valence-corrected chi connectivity index (χ1v) is 7.11. The van der Waals surface area contributed by atoms with E-state index in [0.29, 0.717) is 5.75 Å². The second kappa shape index (κ2) is 6.54. The Kier molecular flexibility index (Phi) is 4.76. The number of carbonyl (C=O) groups excluding carboxylic acids is 1.